The van der Waals surface area contributed by atoms with E-state index in [-0.39, 0.29) is 17.3 Å². The third kappa shape index (κ3) is 5.30. The first kappa shape index (κ1) is 20.3. The highest BCUT2D eigenvalue weighted by molar-refractivity contribution is 6.34. The number of hydrogen-bond donors (Lipinski definition) is 1. The normalized spacial score (nSPS) is 10.3. The van der Waals surface area contributed by atoms with Crippen molar-refractivity contribution in [1.82, 2.24) is 0 Å². The minimum Gasteiger partial charge on any atom is -0.454 e. The number of ketones is 1. The van der Waals surface area contributed by atoms with Gasteiger partial charge in [-0.15, -0.1) is 0 Å². The van der Waals surface area contributed by atoms with Gasteiger partial charge in [0.2, 0.25) is 5.78 Å². The van der Waals surface area contributed by atoms with Crippen LogP contribution in [0.5, 0.6) is 0 Å². The lowest BCUT2D eigenvalue weighted by molar-refractivity contribution is 0.0475. The minimum absolute atomic E-state index is 0.245. The Kier molecular flexibility index (Phi) is 6.42. The summed E-state index contributed by atoms with van der Waals surface area (Å²) in [5, 5.41) is 3.07. The summed E-state index contributed by atoms with van der Waals surface area (Å²) in [6, 6.07) is 20.0. The van der Waals surface area contributed by atoms with E-state index in [0.717, 1.165) is 5.56 Å². The fourth-order valence-electron chi connectivity index (χ4n) is 2.58. The Morgan fingerprint density at radius 2 is 1.48 bits per heavy atom. The number of carbonyl (C=O) groups is 3. The molecule has 3 aromatic carbocycles. The molecule has 0 unspecified atom stereocenters. The van der Waals surface area contributed by atoms with Gasteiger partial charge in [0.25, 0.3) is 5.91 Å². The minimum atomic E-state index is -0.637. The van der Waals surface area contributed by atoms with Crippen molar-refractivity contribution in [2.45, 2.75) is 6.92 Å². The van der Waals surface area contributed by atoms with Crippen molar-refractivity contribution in [3.05, 3.63) is 100 Å². The monoisotopic (exact) mass is 407 g/mol. The number of aryl methyl sites for hydroxylation is 1. The molecule has 0 aromatic heterocycles. The van der Waals surface area contributed by atoms with Crippen molar-refractivity contribution < 1.29 is 19.1 Å². The highest BCUT2D eigenvalue weighted by Gasteiger charge is 2.14. The maximum atomic E-state index is 12.2. The number of amides is 1. The highest BCUT2D eigenvalue weighted by atomic mass is 35.5. The second-order valence-electron chi connectivity index (χ2n) is 6.38. The van der Waals surface area contributed by atoms with E-state index in [4.69, 9.17) is 16.3 Å². The summed E-state index contributed by atoms with van der Waals surface area (Å²) in [5.74, 6) is -1.27. The Balaban J connectivity index is 1.57. The topological polar surface area (TPSA) is 72.5 Å². The van der Waals surface area contributed by atoms with Gasteiger partial charge in [-0.25, -0.2) is 4.79 Å². The number of ether oxygens (including phenoxy) is 1. The zero-order valence-corrected chi connectivity index (χ0v) is 16.4. The Hall–Kier alpha value is -3.44. The van der Waals surface area contributed by atoms with Gasteiger partial charge in [-0.2, -0.15) is 0 Å². The largest absolute Gasteiger partial charge is 0.454 e. The molecule has 0 bridgehead atoms. The zero-order valence-electron chi connectivity index (χ0n) is 15.6. The number of hydrogen-bond acceptors (Lipinski definition) is 4. The summed E-state index contributed by atoms with van der Waals surface area (Å²) in [6.07, 6.45) is 0. The summed E-state index contributed by atoms with van der Waals surface area (Å²) in [6.45, 7) is 1.54. The van der Waals surface area contributed by atoms with Crippen LogP contribution in [0.15, 0.2) is 72.8 Å². The lowest BCUT2D eigenvalue weighted by Gasteiger charge is -2.08. The molecule has 0 radical (unpaired) electrons. The van der Waals surface area contributed by atoms with E-state index >= 15 is 0 Å². The number of halogens is 1. The average Bonchev–Trinajstić information content (AvgIpc) is 2.73. The summed E-state index contributed by atoms with van der Waals surface area (Å²) in [5.41, 5.74) is 2.72. The SMILES string of the molecule is Cc1ccc(C(=O)Nc2ccc(C(=O)OCC(=O)c3ccccc3Cl)cc2)cc1. The molecule has 5 nitrogen and oxygen atoms in total. The number of rotatable bonds is 6. The quantitative estimate of drug-likeness (QED) is 0.464. The fraction of sp³-hybridized carbons (Fsp3) is 0.0870. The molecule has 146 valence electrons. The van der Waals surface area contributed by atoms with Gasteiger partial charge >= 0.3 is 5.97 Å². The molecule has 3 aromatic rings. The van der Waals surface area contributed by atoms with Crippen molar-refractivity contribution in [3.63, 3.8) is 0 Å². The Morgan fingerprint density at radius 3 is 2.14 bits per heavy atom. The number of nitrogens with one attached hydrogen (secondary N) is 1. The molecule has 0 aliphatic carbocycles. The molecule has 0 saturated carbocycles. The average molecular weight is 408 g/mol. The number of anilines is 1. The maximum absolute atomic E-state index is 12.2. The van der Waals surface area contributed by atoms with E-state index in [0.29, 0.717) is 21.8 Å². The summed E-state index contributed by atoms with van der Waals surface area (Å²) in [4.78, 5) is 36.5. The van der Waals surface area contributed by atoms with E-state index in [9.17, 15) is 14.4 Å². The van der Waals surface area contributed by atoms with E-state index in [1.165, 1.54) is 12.1 Å². The predicted molar refractivity (Wildman–Crippen MR) is 112 cm³/mol. The molecule has 3 rings (SSSR count). The van der Waals surface area contributed by atoms with Gasteiger partial charge in [-0.05, 0) is 55.5 Å². The summed E-state index contributed by atoms with van der Waals surface area (Å²) >= 11 is 5.97. The first-order valence-electron chi connectivity index (χ1n) is 8.87. The van der Waals surface area contributed by atoms with E-state index in [1.54, 1.807) is 48.5 Å². The lowest BCUT2D eigenvalue weighted by atomic mass is 10.1. The van der Waals surface area contributed by atoms with Gasteiger partial charge in [-0.1, -0.05) is 41.4 Å². The van der Waals surface area contributed by atoms with Gasteiger partial charge < -0.3 is 10.1 Å². The van der Waals surface area contributed by atoms with E-state index in [2.05, 4.69) is 5.32 Å². The molecule has 0 spiro atoms. The van der Waals surface area contributed by atoms with Crippen LogP contribution in [0.4, 0.5) is 5.69 Å². The van der Waals surface area contributed by atoms with Crippen molar-refractivity contribution in [1.29, 1.82) is 0 Å². The Morgan fingerprint density at radius 1 is 0.862 bits per heavy atom. The van der Waals surface area contributed by atoms with Gasteiger partial charge in [0.05, 0.1) is 10.6 Å². The molecule has 1 N–H and O–H groups in total. The molecule has 0 saturated heterocycles. The first-order valence-corrected chi connectivity index (χ1v) is 9.25. The van der Waals surface area contributed by atoms with Crippen LogP contribution in [-0.4, -0.2) is 24.3 Å². The molecule has 0 aliphatic heterocycles. The first-order chi connectivity index (χ1) is 13.9. The van der Waals surface area contributed by atoms with Gasteiger partial charge in [0, 0.05) is 16.8 Å². The van der Waals surface area contributed by atoms with Crippen LogP contribution < -0.4 is 5.32 Å². The third-order valence-electron chi connectivity index (χ3n) is 4.20. The molecular formula is C23H18ClNO4. The molecule has 6 heteroatoms. The highest BCUT2D eigenvalue weighted by Crippen LogP contribution is 2.16. The van der Waals surface area contributed by atoms with Crippen LogP contribution in [-0.2, 0) is 4.74 Å². The van der Waals surface area contributed by atoms with Crippen molar-refractivity contribution >= 4 is 34.9 Å². The predicted octanol–water partition coefficient (Wildman–Crippen LogP) is 4.94. The van der Waals surface area contributed by atoms with Crippen LogP contribution in [0, 0.1) is 6.92 Å². The van der Waals surface area contributed by atoms with Crippen LogP contribution in [0.3, 0.4) is 0 Å². The molecule has 0 fully saturated rings. The second kappa shape index (κ2) is 9.17. The zero-order chi connectivity index (χ0) is 20.8. The van der Waals surface area contributed by atoms with Crippen LogP contribution in [0.2, 0.25) is 5.02 Å². The van der Waals surface area contributed by atoms with E-state index in [1.807, 2.05) is 19.1 Å². The van der Waals surface area contributed by atoms with E-state index < -0.39 is 12.6 Å². The third-order valence-corrected chi connectivity index (χ3v) is 4.53. The van der Waals surface area contributed by atoms with Crippen LogP contribution in [0.1, 0.15) is 36.6 Å². The summed E-state index contributed by atoms with van der Waals surface area (Å²) < 4.78 is 5.07. The van der Waals surface area contributed by atoms with Crippen LogP contribution in [0.25, 0.3) is 0 Å². The Labute approximate surface area is 173 Å². The fourth-order valence-corrected chi connectivity index (χ4v) is 2.82. The Bertz CT molecular complexity index is 1040. The molecule has 29 heavy (non-hydrogen) atoms. The molecule has 0 aliphatic rings. The number of esters is 1. The second-order valence-corrected chi connectivity index (χ2v) is 6.78. The number of Topliss-reactive ketones (excluding diaryl/α,β-unsaturated/α-hetero) is 1. The maximum Gasteiger partial charge on any atom is 0.338 e. The molecule has 1 amide bonds. The summed E-state index contributed by atoms with van der Waals surface area (Å²) in [7, 11) is 0. The van der Waals surface area contributed by atoms with Crippen molar-refractivity contribution in [2.75, 3.05) is 11.9 Å². The lowest BCUT2D eigenvalue weighted by Crippen LogP contribution is -2.15. The molecule has 0 heterocycles. The van der Waals surface area contributed by atoms with Gasteiger partial charge in [0.1, 0.15) is 0 Å². The van der Waals surface area contributed by atoms with Gasteiger partial charge in [0.15, 0.2) is 6.61 Å². The number of benzene rings is 3. The molecule has 0 atom stereocenters. The van der Waals surface area contributed by atoms with Crippen molar-refractivity contribution in [3.8, 4) is 0 Å². The van der Waals surface area contributed by atoms with Crippen molar-refractivity contribution in [2.24, 2.45) is 0 Å². The smallest absolute Gasteiger partial charge is 0.338 e. The standard InChI is InChI=1S/C23H18ClNO4/c1-15-6-8-16(9-7-15)22(27)25-18-12-10-17(11-13-18)23(28)29-14-21(26)19-4-2-3-5-20(19)24/h2-13H,14H2,1H3,(H,25,27). The van der Waals surface area contributed by atoms with Crippen LogP contribution >= 0.6 is 11.6 Å². The number of carbonyl (C=O) groups excluding carboxylic acids is 3. The molecular weight excluding hydrogens is 390 g/mol. The van der Waals surface area contributed by atoms with Gasteiger partial charge in [-0.3, -0.25) is 9.59 Å².